The van der Waals surface area contributed by atoms with Gasteiger partial charge in [-0.25, -0.2) is 0 Å². The fourth-order valence-corrected chi connectivity index (χ4v) is 8.66. The van der Waals surface area contributed by atoms with Gasteiger partial charge in [-0.1, -0.05) is 69.6 Å². The maximum Gasteiger partial charge on any atom is 0.302 e. The number of rotatable bonds is 8. The van der Waals surface area contributed by atoms with Crippen LogP contribution in [0.1, 0.15) is 120 Å². The van der Waals surface area contributed by atoms with E-state index in [1.165, 1.54) is 48.8 Å². The van der Waals surface area contributed by atoms with E-state index in [1.807, 2.05) is 0 Å². The Morgan fingerprint density at radius 2 is 1.59 bits per heavy atom. The van der Waals surface area contributed by atoms with E-state index in [4.69, 9.17) is 11.3 Å². The predicted molar refractivity (Wildman–Crippen MR) is 145 cm³/mol. The van der Waals surface area contributed by atoms with Crippen molar-refractivity contribution in [2.45, 2.75) is 126 Å². The van der Waals surface area contributed by atoms with Crippen LogP contribution in [-0.2, 0) is 9.53 Å². The van der Waals surface area contributed by atoms with Crippen LogP contribution in [-0.4, -0.2) is 12.1 Å². The Hall–Kier alpha value is -1.31. The van der Waals surface area contributed by atoms with Crippen molar-refractivity contribution in [2.75, 3.05) is 0 Å². The summed E-state index contributed by atoms with van der Waals surface area (Å²) in [5.41, 5.74) is 5.09. The Balaban J connectivity index is 1.77. The van der Waals surface area contributed by atoms with Crippen molar-refractivity contribution in [2.24, 2.45) is 34.0 Å². The van der Waals surface area contributed by atoms with E-state index >= 15 is 0 Å². The summed E-state index contributed by atoms with van der Waals surface area (Å²) in [4.78, 5) is 11.9. The van der Waals surface area contributed by atoms with E-state index in [0.29, 0.717) is 22.7 Å². The average molecular weight is 469 g/mol. The molecule has 3 rings (SSSR count). The Morgan fingerprint density at radius 3 is 2.24 bits per heavy atom. The van der Waals surface area contributed by atoms with E-state index in [1.54, 1.807) is 6.92 Å². The van der Waals surface area contributed by atoms with E-state index in [9.17, 15) is 4.79 Å². The normalized spacial score (nSPS) is 36.9. The lowest BCUT2D eigenvalue weighted by atomic mass is 9.40. The summed E-state index contributed by atoms with van der Waals surface area (Å²) in [5.74, 6) is 1.76. The number of fused-ring (bicyclic) bond motifs is 3. The second-order valence-corrected chi connectivity index (χ2v) is 13.3. The lowest BCUT2D eigenvalue weighted by molar-refractivity contribution is -0.195. The number of ether oxygens (including phenoxy) is 1. The first-order valence-electron chi connectivity index (χ1n) is 14.0. The van der Waals surface area contributed by atoms with E-state index < -0.39 is 0 Å². The highest BCUT2D eigenvalue weighted by Gasteiger charge is 2.65. The molecule has 0 N–H and O–H groups in total. The maximum atomic E-state index is 11.9. The minimum atomic E-state index is -0.129. The van der Waals surface area contributed by atoms with E-state index in [-0.39, 0.29) is 17.5 Å². The molecule has 6 unspecified atom stereocenters. The molecule has 0 amide bonds. The molecule has 3 aliphatic carbocycles. The summed E-state index contributed by atoms with van der Waals surface area (Å²) >= 11 is 0. The Morgan fingerprint density at radius 1 is 0.912 bits per heavy atom. The van der Waals surface area contributed by atoms with Crippen LogP contribution in [0.2, 0.25) is 0 Å². The van der Waals surface area contributed by atoms with Crippen LogP contribution in [0.25, 0.3) is 0 Å². The summed E-state index contributed by atoms with van der Waals surface area (Å²) in [6.45, 7) is 22.8. The zero-order chi connectivity index (χ0) is 25.3. The molecule has 2 nitrogen and oxygen atoms in total. The van der Waals surface area contributed by atoms with Crippen LogP contribution in [0.3, 0.4) is 0 Å². The van der Waals surface area contributed by atoms with Crippen LogP contribution < -0.4 is 0 Å². The van der Waals surface area contributed by atoms with Gasteiger partial charge < -0.3 is 4.74 Å². The third-order valence-electron chi connectivity index (χ3n) is 10.4. The zero-order valence-electron chi connectivity index (χ0n) is 23.6. The molecule has 6 atom stereocenters. The molecule has 34 heavy (non-hydrogen) atoms. The Labute approximate surface area is 210 Å². The second-order valence-electron chi connectivity index (χ2n) is 13.3. The van der Waals surface area contributed by atoms with Crippen LogP contribution in [0, 0.1) is 34.0 Å². The number of hydrogen-bond donors (Lipinski definition) is 0. The van der Waals surface area contributed by atoms with Gasteiger partial charge in [-0.2, -0.15) is 0 Å². The molecule has 3 saturated carbocycles. The quantitative estimate of drug-likeness (QED) is 0.262. The van der Waals surface area contributed by atoms with Crippen LogP contribution in [0.5, 0.6) is 0 Å². The number of carbonyl (C=O) groups excluding carboxylic acids is 1. The summed E-state index contributed by atoms with van der Waals surface area (Å²) in [5, 5.41) is 0. The van der Waals surface area contributed by atoms with Gasteiger partial charge in [0.25, 0.3) is 0 Å². The van der Waals surface area contributed by atoms with Crippen LogP contribution in [0.4, 0.5) is 0 Å². The minimum Gasteiger partial charge on any atom is -0.462 e. The number of esters is 1. The van der Waals surface area contributed by atoms with Gasteiger partial charge in [0.15, 0.2) is 0 Å². The monoisotopic (exact) mass is 468 g/mol. The maximum absolute atomic E-state index is 11.9. The van der Waals surface area contributed by atoms with Gasteiger partial charge in [-0.05, 0) is 107 Å². The average Bonchev–Trinajstić information content (AvgIpc) is 3.13. The van der Waals surface area contributed by atoms with Gasteiger partial charge in [0.2, 0.25) is 0 Å². The van der Waals surface area contributed by atoms with Crippen molar-refractivity contribution in [1.82, 2.24) is 0 Å². The molecule has 192 valence electrons. The molecule has 3 aliphatic rings. The fourth-order valence-electron chi connectivity index (χ4n) is 8.66. The van der Waals surface area contributed by atoms with Gasteiger partial charge in [-0.15, -0.1) is 0 Å². The molecule has 0 aliphatic heterocycles. The molecule has 0 spiro atoms. The minimum absolute atomic E-state index is 0.00252. The standard InChI is InChI=1S/C32H52O2/c1-22(2)13-10-14-23(3)15-11-16-24(4)26-21-28-30(6,7)29(34-25(5)33)18-20-32(28,9)27-17-12-19-31(26,27)8/h13,15,26-29H,4,10-12,14,16-21H2,1-3,5-9H3. The molecular weight excluding hydrogens is 416 g/mol. The number of allylic oxidation sites excluding steroid dienone is 5. The molecule has 2 heteroatoms. The largest absolute Gasteiger partial charge is 0.462 e. The first kappa shape index (κ1) is 27.3. The third kappa shape index (κ3) is 5.26. The van der Waals surface area contributed by atoms with Crippen molar-refractivity contribution in [1.29, 1.82) is 0 Å². The van der Waals surface area contributed by atoms with Crippen molar-refractivity contribution in [3.05, 3.63) is 35.5 Å². The van der Waals surface area contributed by atoms with Gasteiger partial charge in [0, 0.05) is 12.3 Å². The second kappa shape index (κ2) is 10.4. The smallest absolute Gasteiger partial charge is 0.302 e. The summed E-state index contributed by atoms with van der Waals surface area (Å²) in [6.07, 6.45) is 16.8. The molecule has 0 radical (unpaired) electrons. The van der Waals surface area contributed by atoms with E-state index in [2.05, 4.69) is 60.6 Å². The summed E-state index contributed by atoms with van der Waals surface area (Å²) < 4.78 is 5.90. The molecule has 0 aromatic rings. The lowest BCUT2D eigenvalue weighted by Crippen LogP contribution is -2.60. The molecule has 0 bridgehead atoms. The number of hydrogen-bond acceptors (Lipinski definition) is 2. The Bertz CT molecular complexity index is 826. The summed E-state index contributed by atoms with van der Waals surface area (Å²) in [6, 6.07) is 0. The molecular formula is C32H52O2. The van der Waals surface area contributed by atoms with Gasteiger partial charge >= 0.3 is 5.97 Å². The SMILES string of the molecule is C=C(CCC=C(C)CCC=C(C)C)C1CC2C(C)(C)C(OC(C)=O)CCC2(C)C2CCCC12C. The highest BCUT2D eigenvalue weighted by molar-refractivity contribution is 5.66. The number of carbonyl (C=O) groups is 1. The molecule has 0 saturated heterocycles. The van der Waals surface area contributed by atoms with Crippen molar-refractivity contribution in [3.8, 4) is 0 Å². The van der Waals surface area contributed by atoms with Crippen LogP contribution in [0.15, 0.2) is 35.5 Å². The topological polar surface area (TPSA) is 26.3 Å². The van der Waals surface area contributed by atoms with Crippen molar-refractivity contribution >= 4 is 5.97 Å². The zero-order valence-corrected chi connectivity index (χ0v) is 23.6. The fraction of sp³-hybridized carbons (Fsp3) is 0.781. The molecule has 0 heterocycles. The van der Waals surface area contributed by atoms with Crippen molar-refractivity contribution in [3.63, 3.8) is 0 Å². The van der Waals surface area contributed by atoms with Gasteiger partial charge in [-0.3, -0.25) is 4.79 Å². The highest BCUT2D eigenvalue weighted by atomic mass is 16.5. The molecule has 0 aromatic carbocycles. The highest BCUT2D eigenvalue weighted by Crippen LogP contribution is 2.71. The van der Waals surface area contributed by atoms with E-state index in [0.717, 1.165) is 38.0 Å². The summed E-state index contributed by atoms with van der Waals surface area (Å²) in [7, 11) is 0. The first-order chi connectivity index (χ1) is 15.8. The van der Waals surface area contributed by atoms with Crippen LogP contribution >= 0.6 is 0 Å². The molecule has 3 fully saturated rings. The Kier molecular flexibility index (Phi) is 8.31. The third-order valence-corrected chi connectivity index (χ3v) is 10.4. The lowest BCUT2D eigenvalue weighted by Gasteiger charge is -2.65. The first-order valence-corrected chi connectivity index (χ1v) is 14.0. The van der Waals surface area contributed by atoms with Gasteiger partial charge in [0.1, 0.15) is 6.10 Å². The van der Waals surface area contributed by atoms with Gasteiger partial charge in [0.05, 0.1) is 0 Å². The molecule has 0 aromatic heterocycles. The predicted octanol–water partition coefficient (Wildman–Crippen LogP) is 9.22. The van der Waals surface area contributed by atoms with Crippen molar-refractivity contribution < 1.29 is 9.53 Å².